The number of aromatic nitrogens is 1. The van der Waals surface area contributed by atoms with Gasteiger partial charge in [-0.15, -0.1) is 0 Å². The van der Waals surface area contributed by atoms with Gasteiger partial charge in [0.1, 0.15) is 5.60 Å². The van der Waals surface area contributed by atoms with Crippen LogP contribution in [0.4, 0.5) is 4.79 Å². The highest BCUT2D eigenvalue weighted by Crippen LogP contribution is 2.44. The molecule has 1 aromatic carbocycles. The number of carbonyl (C=O) groups is 1. The van der Waals surface area contributed by atoms with Crippen LogP contribution < -0.4 is 0 Å². The average molecular weight is 461 g/mol. The first kappa shape index (κ1) is 22.3. The minimum Gasteiger partial charge on any atom is -0.444 e. The average Bonchev–Trinajstić information content (AvgIpc) is 3.46. The maximum atomic E-state index is 12.3. The van der Waals surface area contributed by atoms with E-state index < -0.39 is 5.60 Å². The first-order chi connectivity index (χ1) is 14.7. The number of nitrogens with zero attached hydrogens (tertiary/aromatic N) is 2. The number of rotatable bonds is 4. The minimum atomic E-state index is -0.460. The monoisotopic (exact) mass is 460 g/mol. The molecule has 1 aromatic heterocycles. The maximum absolute atomic E-state index is 12.3. The molecule has 0 spiro atoms. The van der Waals surface area contributed by atoms with Crippen molar-refractivity contribution in [2.75, 3.05) is 13.1 Å². The molecule has 2 aliphatic rings. The summed E-state index contributed by atoms with van der Waals surface area (Å²) in [5.41, 5.74) is 2.89. The van der Waals surface area contributed by atoms with Crippen molar-refractivity contribution in [2.45, 2.75) is 58.0 Å². The van der Waals surface area contributed by atoms with Gasteiger partial charge in [0.15, 0.2) is 0 Å². The molecule has 2 fully saturated rings. The van der Waals surface area contributed by atoms with Crippen molar-refractivity contribution in [3.63, 3.8) is 0 Å². The fraction of sp³-hybridized carbons (Fsp3) is 0.480. The van der Waals surface area contributed by atoms with E-state index in [1.165, 1.54) is 18.4 Å². The summed E-state index contributed by atoms with van der Waals surface area (Å²) in [6, 6.07) is 7.81. The van der Waals surface area contributed by atoms with Crippen molar-refractivity contribution in [3.8, 4) is 5.69 Å². The lowest BCUT2D eigenvalue weighted by atomic mass is 9.96. The van der Waals surface area contributed by atoms with Crippen molar-refractivity contribution in [2.24, 2.45) is 5.92 Å². The predicted octanol–water partition coefficient (Wildman–Crippen LogP) is 7.32. The van der Waals surface area contributed by atoms with Gasteiger partial charge in [-0.25, -0.2) is 4.79 Å². The highest BCUT2D eigenvalue weighted by molar-refractivity contribution is 6.37. The molecule has 166 valence electrons. The van der Waals surface area contributed by atoms with Gasteiger partial charge in [-0.3, -0.25) is 0 Å². The first-order valence-corrected chi connectivity index (χ1v) is 11.8. The molecule has 4 nitrogen and oxygen atoms in total. The van der Waals surface area contributed by atoms with E-state index in [-0.39, 0.29) is 6.09 Å². The summed E-state index contributed by atoms with van der Waals surface area (Å²) in [5, 5.41) is 1.29. The van der Waals surface area contributed by atoms with Gasteiger partial charge in [0.2, 0.25) is 0 Å². The molecule has 0 N–H and O–H groups in total. The standard InChI is InChI=1S/C25H30Cl2N2O2/c1-25(2,3)31-24(30)28-14-11-17(12-15-28)7-10-22-19(18-8-9-18)13-16-29(22)23-20(26)5-4-6-21(23)27/h4-7,10,13,16-18H,8-9,11-12,14-15H2,1-3H3/b10-7+. The van der Waals surface area contributed by atoms with Crippen LogP contribution in [-0.4, -0.2) is 34.3 Å². The Morgan fingerprint density at radius 2 is 1.71 bits per heavy atom. The van der Waals surface area contributed by atoms with Gasteiger partial charge in [0.25, 0.3) is 0 Å². The number of ether oxygens (including phenoxy) is 1. The zero-order valence-electron chi connectivity index (χ0n) is 18.4. The number of carbonyl (C=O) groups excluding carboxylic acids is 1. The molecule has 1 saturated carbocycles. The van der Waals surface area contributed by atoms with E-state index in [1.807, 2.05) is 43.9 Å². The molecule has 2 heterocycles. The van der Waals surface area contributed by atoms with Crippen LogP contribution in [0, 0.1) is 5.92 Å². The van der Waals surface area contributed by atoms with E-state index in [0.29, 0.717) is 21.9 Å². The molecule has 0 radical (unpaired) electrons. The van der Waals surface area contributed by atoms with Crippen molar-refractivity contribution in [1.82, 2.24) is 9.47 Å². The number of piperidine rings is 1. The quantitative estimate of drug-likeness (QED) is 0.478. The number of para-hydroxylation sites is 1. The third-order valence-electron chi connectivity index (χ3n) is 5.87. The molecule has 31 heavy (non-hydrogen) atoms. The highest BCUT2D eigenvalue weighted by Gasteiger charge is 2.29. The van der Waals surface area contributed by atoms with Gasteiger partial charge < -0.3 is 14.2 Å². The SMILES string of the molecule is CC(C)(C)OC(=O)N1CCC(/C=C/c2c(C3CC3)ccn2-c2c(Cl)cccc2Cl)CC1. The summed E-state index contributed by atoms with van der Waals surface area (Å²) >= 11 is 13.0. The molecule has 1 aliphatic carbocycles. The molecule has 4 rings (SSSR count). The fourth-order valence-corrected chi connectivity index (χ4v) is 4.70. The largest absolute Gasteiger partial charge is 0.444 e. The number of halogens is 2. The van der Waals surface area contributed by atoms with Gasteiger partial charge in [-0.05, 0) is 88.1 Å². The topological polar surface area (TPSA) is 34.5 Å². The van der Waals surface area contributed by atoms with Crippen molar-refractivity contribution in [1.29, 1.82) is 0 Å². The molecule has 1 aliphatic heterocycles. The minimum absolute atomic E-state index is 0.215. The second-order valence-corrected chi connectivity index (χ2v) is 10.3. The number of hydrogen-bond donors (Lipinski definition) is 0. The van der Waals surface area contributed by atoms with Crippen LogP contribution in [0.3, 0.4) is 0 Å². The van der Waals surface area contributed by atoms with Crippen LogP contribution in [0.25, 0.3) is 11.8 Å². The zero-order chi connectivity index (χ0) is 22.2. The third-order valence-corrected chi connectivity index (χ3v) is 6.48. The van der Waals surface area contributed by atoms with Crippen molar-refractivity contribution < 1.29 is 9.53 Å². The molecule has 1 saturated heterocycles. The Hall–Kier alpha value is -1.91. The van der Waals surface area contributed by atoms with Crippen LogP contribution in [0.1, 0.15) is 63.6 Å². The van der Waals surface area contributed by atoms with E-state index in [1.54, 1.807) is 0 Å². The summed E-state index contributed by atoms with van der Waals surface area (Å²) in [7, 11) is 0. The smallest absolute Gasteiger partial charge is 0.410 e. The summed E-state index contributed by atoms with van der Waals surface area (Å²) in [6.45, 7) is 7.14. The molecule has 0 atom stereocenters. The molecule has 0 bridgehead atoms. The Morgan fingerprint density at radius 3 is 2.29 bits per heavy atom. The predicted molar refractivity (Wildman–Crippen MR) is 127 cm³/mol. The van der Waals surface area contributed by atoms with E-state index >= 15 is 0 Å². The Labute approximate surface area is 194 Å². The van der Waals surface area contributed by atoms with Crippen LogP contribution in [0.5, 0.6) is 0 Å². The van der Waals surface area contributed by atoms with E-state index in [2.05, 4.69) is 29.0 Å². The van der Waals surface area contributed by atoms with Gasteiger partial charge in [-0.2, -0.15) is 0 Å². The molecule has 1 amide bonds. The molecular weight excluding hydrogens is 431 g/mol. The normalized spacial score (nSPS) is 18.0. The van der Waals surface area contributed by atoms with E-state index in [4.69, 9.17) is 27.9 Å². The second-order valence-electron chi connectivity index (χ2n) is 9.53. The van der Waals surface area contributed by atoms with E-state index in [0.717, 1.165) is 37.3 Å². The summed E-state index contributed by atoms with van der Waals surface area (Å²) < 4.78 is 7.62. The second kappa shape index (κ2) is 8.91. The van der Waals surface area contributed by atoms with Gasteiger partial charge in [-0.1, -0.05) is 35.3 Å². The number of allylic oxidation sites excluding steroid dienone is 1. The molecule has 0 unspecified atom stereocenters. The van der Waals surface area contributed by atoms with Crippen molar-refractivity contribution in [3.05, 3.63) is 57.8 Å². The van der Waals surface area contributed by atoms with Crippen LogP contribution in [0.15, 0.2) is 36.5 Å². The summed E-state index contributed by atoms with van der Waals surface area (Å²) in [6.07, 6.45) is 10.7. The fourth-order valence-electron chi connectivity index (χ4n) is 4.12. The van der Waals surface area contributed by atoms with Gasteiger partial charge in [0.05, 0.1) is 15.7 Å². The maximum Gasteiger partial charge on any atom is 0.410 e. The summed E-state index contributed by atoms with van der Waals surface area (Å²) in [5.74, 6) is 1.05. The zero-order valence-corrected chi connectivity index (χ0v) is 19.9. The Balaban J connectivity index is 1.50. The van der Waals surface area contributed by atoms with E-state index in [9.17, 15) is 4.79 Å². The number of likely N-dealkylation sites (tertiary alicyclic amines) is 1. The summed E-state index contributed by atoms with van der Waals surface area (Å²) in [4.78, 5) is 14.1. The number of benzene rings is 1. The van der Waals surface area contributed by atoms with Crippen LogP contribution in [-0.2, 0) is 4.74 Å². The Bertz CT molecular complexity index is 958. The molecular formula is C25H30Cl2N2O2. The van der Waals surface area contributed by atoms with Gasteiger partial charge in [0, 0.05) is 25.0 Å². The van der Waals surface area contributed by atoms with Crippen LogP contribution in [0.2, 0.25) is 10.0 Å². The lowest BCUT2D eigenvalue weighted by molar-refractivity contribution is 0.0197. The Morgan fingerprint density at radius 1 is 1.06 bits per heavy atom. The van der Waals surface area contributed by atoms with Crippen molar-refractivity contribution >= 4 is 35.4 Å². The lowest BCUT2D eigenvalue weighted by Gasteiger charge is -2.32. The van der Waals surface area contributed by atoms with Crippen LogP contribution >= 0.6 is 23.2 Å². The number of hydrogen-bond acceptors (Lipinski definition) is 2. The first-order valence-electron chi connectivity index (χ1n) is 11.0. The van der Waals surface area contributed by atoms with Gasteiger partial charge >= 0.3 is 6.09 Å². The third kappa shape index (κ3) is 5.30. The molecule has 6 heteroatoms. The lowest BCUT2D eigenvalue weighted by Crippen LogP contribution is -2.41. The highest BCUT2D eigenvalue weighted by atomic mass is 35.5. The molecule has 2 aromatic rings. The Kier molecular flexibility index (Phi) is 6.41. The number of amides is 1.